The molecule has 0 radical (unpaired) electrons. The molecule has 1 aliphatic rings. The molecule has 1 aromatic rings. The number of nitrogens with one attached hydrogen (secondary N) is 1. The molecule has 0 atom stereocenters. The highest BCUT2D eigenvalue weighted by molar-refractivity contribution is 5.93. The summed E-state index contributed by atoms with van der Waals surface area (Å²) < 4.78 is 10.6. The van der Waals surface area contributed by atoms with E-state index >= 15 is 0 Å². The third-order valence-electron chi connectivity index (χ3n) is 3.59. The van der Waals surface area contributed by atoms with Gasteiger partial charge >= 0.3 is 0 Å². The molecule has 0 spiro atoms. The second-order valence-electron chi connectivity index (χ2n) is 5.45. The number of anilines is 2. The van der Waals surface area contributed by atoms with E-state index in [1.54, 1.807) is 25.3 Å². The van der Waals surface area contributed by atoms with Gasteiger partial charge in [0.1, 0.15) is 5.75 Å². The standard InChI is InChI=1S/C16H24N2O3/c1-20-13-6-7-15(14(17)11-13)18-16(19)3-2-9-21-10-8-12-4-5-12/h6-7,11-12H,2-5,8-10,17H2,1H3,(H,18,19). The Morgan fingerprint density at radius 2 is 2.19 bits per heavy atom. The number of hydrogen-bond donors (Lipinski definition) is 2. The Kier molecular flexibility index (Phi) is 5.87. The van der Waals surface area contributed by atoms with Crippen LogP contribution in [-0.4, -0.2) is 26.2 Å². The molecule has 5 heteroatoms. The molecule has 1 saturated carbocycles. The van der Waals surface area contributed by atoms with Gasteiger partial charge in [-0.15, -0.1) is 0 Å². The Morgan fingerprint density at radius 3 is 2.86 bits per heavy atom. The van der Waals surface area contributed by atoms with Crippen molar-refractivity contribution in [2.75, 3.05) is 31.4 Å². The largest absolute Gasteiger partial charge is 0.497 e. The molecule has 2 rings (SSSR count). The Bertz CT molecular complexity index is 473. The zero-order valence-electron chi connectivity index (χ0n) is 12.6. The summed E-state index contributed by atoms with van der Waals surface area (Å²) in [5, 5.41) is 2.81. The van der Waals surface area contributed by atoms with Crippen molar-refractivity contribution in [1.82, 2.24) is 0 Å². The van der Waals surface area contributed by atoms with Crippen LogP contribution in [0.3, 0.4) is 0 Å². The number of hydrogen-bond acceptors (Lipinski definition) is 4. The molecule has 1 aliphatic carbocycles. The van der Waals surface area contributed by atoms with E-state index in [-0.39, 0.29) is 5.91 Å². The summed E-state index contributed by atoms with van der Waals surface area (Å²) in [4.78, 5) is 11.8. The average molecular weight is 292 g/mol. The van der Waals surface area contributed by atoms with Crippen molar-refractivity contribution in [2.45, 2.75) is 32.1 Å². The second-order valence-corrected chi connectivity index (χ2v) is 5.45. The van der Waals surface area contributed by atoms with E-state index < -0.39 is 0 Å². The summed E-state index contributed by atoms with van der Waals surface area (Å²) in [7, 11) is 1.58. The van der Waals surface area contributed by atoms with Crippen LogP contribution in [0.15, 0.2) is 18.2 Å². The smallest absolute Gasteiger partial charge is 0.224 e. The highest BCUT2D eigenvalue weighted by Gasteiger charge is 2.20. The molecule has 1 aromatic carbocycles. The molecule has 21 heavy (non-hydrogen) atoms. The zero-order chi connectivity index (χ0) is 15.1. The number of ether oxygens (including phenoxy) is 2. The molecular formula is C16H24N2O3. The summed E-state index contributed by atoms with van der Waals surface area (Å²) in [6, 6.07) is 5.21. The molecule has 3 N–H and O–H groups in total. The van der Waals surface area contributed by atoms with Gasteiger partial charge < -0.3 is 20.5 Å². The van der Waals surface area contributed by atoms with Crippen LogP contribution in [0, 0.1) is 5.92 Å². The summed E-state index contributed by atoms with van der Waals surface area (Å²) in [5.41, 5.74) is 6.98. The Morgan fingerprint density at radius 1 is 1.38 bits per heavy atom. The second kappa shape index (κ2) is 7.88. The fraction of sp³-hybridized carbons (Fsp3) is 0.562. The molecule has 1 amide bonds. The first kappa shape index (κ1) is 15.6. The topological polar surface area (TPSA) is 73.6 Å². The molecule has 0 bridgehead atoms. The zero-order valence-corrected chi connectivity index (χ0v) is 12.6. The minimum atomic E-state index is -0.0438. The highest BCUT2D eigenvalue weighted by Crippen LogP contribution is 2.32. The van der Waals surface area contributed by atoms with E-state index in [9.17, 15) is 4.79 Å². The summed E-state index contributed by atoms with van der Waals surface area (Å²) in [6.45, 7) is 1.45. The van der Waals surface area contributed by atoms with Crippen molar-refractivity contribution >= 4 is 17.3 Å². The molecule has 0 heterocycles. The van der Waals surface area contributed by atoms with Crippen molar-refractivity contribution in [3.8, 4) is 5.75 Å². The van der Waals surface area contributed by atoms with Gasteiger partial charge in [-0.2, -0.15) is 0 Å². The lowest BCUT2D eigenvalue weighted by molar-refractivity contribution is -0.116. The predicted molar refractivity (Wildman–Crippen MR) is 83.4 cm³/mol. The molecule has 116 valence electrons. The highest BCUT2D eigenvalue weighted by atomic mass is 16.5. The number of methoxy groups -OCH3 is 1. The number of nitrogen functional groups attached to an aromatic ring is 1. The molecule has 0 aliphatic heterocycles. The van der Waals surface area contributed by atoms with Crippen LogP contribution in [0.4, 0.5) is 11.4 Å². The van der Waals surface area contributed by atoms with E-state index in [0.29, 0.717) is 30.2 Å². The van der Waals surface area contributed by atoms with Crippen molar-refractivity contribution in [2.24, 2.45) is 5.92 Å². The van der Waals surface area contributed by atoms with E-state index in [2.05, 4.69) is 5.32 Å². The van der Waals surface area contributed by atoms with Crippen LogP contribution in [-0.2, 0) is 9.53 Å². The van der Waals surface area contributed by atoms with Crippen LogP contribution in [0.25, 0.3) is 0 Å². The van der Waals surface area contributed by atoms with Crippen molar-refractivity contribution in [1.29, 1.82) is 0 Å². The van der Waals surface area contributed by atoms with Gasteiger partial charge in [0, 0.05) is 25.7 Å². The average Bonchev–Trinajstić information content (AvgIpc) is 3.29. The van der Waals surface area contributed by atoms with Gasteiger partial charge in [-0.05, 0) is 30.9 Å². The number of rotatable bonds is 9. The Balaban J connectivity index is 1.61. The number of carbonyl (C=O) groups excluding carboxylic acids is 1. The Labute approximate surface area is 125 Å². The first-order valence-corrected chi connectivity index (χ1v) is 7.50. The molecule has 0 saturated heterocycles. The van der Waals surface area contributed by atoms with Gasteiger partial charge in [0.25, 0.3) is 0 Å². The lowest BCUT2D eigenvalue weighted by atomic mass is 10.2. The van der Waals surface area contributed by atoms with Crippen LogP contribution in [0.1, 0.15) is 32.1 Å². The van der Waals surface area contributed by atoms with Crippen LogP contribution in [0.5, 0.6) is 5.75 Å². The van der Waals surface area contributed by atoms with Gasteiger partial charge in [0.15, 0.2) is 0 Å². The lowest BCUT2D eigenvalue weighted by Crippen LogP contribution is -2.13. The maximum atomic E-state index is 11.8. The number of benzene rings is 1. The van der Waals surface area contributed by atoms with E-state index in [1.165, 1.54) is 12.8 Å². The quantitative estimate of drug-likeness (QED) is 0.542. The fourth-order valence-electron chi connectivity index (χ4n) is 2.09. The van der Waals surface area contributed by atoms with Gasteiger partial charge in [-0.3, -0.25) is 4.79 Å². The summed E-state index contributed by atoms with van der Waals surface area (Å²) in [5.74, 6) is 1.53. The number of nitrogens with two attached hydrogens (primary N) is 1. The first-order chi connectivity index (χ1) is 10.2. The van der Waals surface area contributed by atoms with E-state index in [0.717, 1.165) is 25.4 Å². The van der Waals surface area contributed by atoms with Crippen molar-refractivity contribution in [3.63, 3.8) is 0 Å². The van der Waals surface area contributed by atoms with E-state index in [1.807, 2.05) is 0 Å². The van der Waals surface area contributed by atoms with Gasteiger partial charge in [-0.1, -0.05) is 12.8 Å². The predicted octanol–water partition coefficient (Wildman–Crippen LogP) is 2.81. The van der Waals surface area contributed by atoms with Crippen LogP contribution >= 0.6 is 0 Å². The monoisotopic (exact) mass is 292 g/mol. The van der Waals surface area contributed by atoms with Crippen LogP contribution < -0.4 is 15.8 Å². The lowest BCUT2D eigenvalue weighted by Gasteiger charge is -2.09. The molecule has 1 fully saturated rings. The van der Waals surface area contributed by atoms with Gasteiger partial charge in [0.2, 0.25) is 5.91 Å². The maximum Gasteiger partial charge on any atom is 0.224 e. The maximum absolute atomic E-state index is 11.8. The van der Waals surface area contributed by atoms with Gasteiger partial charge in [0.05, 0.1) is 18.5 Å². The molecule has 0 unspecified atom stereocenters. The van der Waals surface area contributed by atoms with Crippen LogP contribution in [0.2, 0.25) is 0 Å². The molecule has 5 nitrogen and oxygen atoms in total. The number of carbonyl (C=O) groups is 1. The molecule has 0 aromatic heterocycles. The molecular weight excluding hydrogens is 268 g/mol. The Hall–Kier alpha value is -1.75. The SMILES string of the molecule is COc1ccc(NC(=O)CCCOCCC2CC2)c(N)c1. The van der Waals surface area contributed by atoms with E-state index in [4.69, 9.17) is 15.2 Å². The van der Waals surface area contributed by atoms with Crippen molar-refractivity contribution in [3.05, 3.63) is 18.2 Å². The summed E-state index contributed by atoms with van der Waals surface area (Å²) >= 11 is 0. The van der Waals surface area contributed by atoms with Crippen molar-refractivity contribution < 1.29 is 14.3 Å². The van der Waals surface area contributed by atoms with Gasteiger partial charge in [-0.25, -0.2) is 0 Å². The minimum Gasteiger partial charge on any atom is -0.497 e. The third-order valence-corrected chi connectivity index (χ3v) is 3.59. The first-order valence-electron chi connectivity index (χ1n) is 7.50. The summed E-state index contributed by atoms with van der Waals surface area (Å²) in [6.07, 6.45) is 5.04. The number of amides is 1. The normalized spacial score (nSPS) is 14.0. The fourth-order valence-corrected chi connectivity index (χ4v) is 2.09. The third kappa shape index (κ3) is 5.63. The minimum absolute atomic E-state index is 0.0438.